The van der Waals surface area contributed by atoms with Gasteiger partial charge in [-0.05, 0) is 29.8 Å². The topological polar surface area (TPSA) is 21.3 Å². The van der Waals surface area contributed by atoms with Crippen LogP contribution in [0.4, 0.5) is 18.9 Å². The van der Waals surface area contributed by atoms with Crippen molar-refractivity contribution < 1.29 is 17.9 Å². The zero-order valence-corrected chi connectivity index (χ0v) is 12.1. The average molecular weight is 336 g/mol. The van der Waals surface area contributed by atoms with E-state index in [-0.39, 0.29) is 12.3 Å². The van der Waals surface area contributed by atoms with E-state index in [0.29, 0.717) is 21.3 Å². The number of rotatable bonds is 4. The Balaban J connectivity index is 2.07. The lowest BCUT2D eigenvalue weighted by atomic mass is 10.2. The number of nitrogens with one attached hydrogen (secondary N) is 1. The van der Waals surface area contributed by atoms with Gasteiger partial charge < -0.3 is 10.1 Å². The summed E-state index contributed by atoms with van der Waals surface area (Å²) in [6, 6.07) is 10.8. The summed E-state index contributed by atoms with van der Waals surface area (Å²) in [6.07, 6.45) is -4.71. The average Bonchev–Trinajstić information content (AvgIpc) is 2.39. The van der Waals surface area contributed by atoms with Crippen molar-refractivity contribution in [1.29, 1.82) is 0 Å². The Kier molecular flexibility index (Phi) is 4.85. The van der Waals surface area contributed by atoms with E-state index in [9.17, 15) is 13.2 Å². The summed E-state index contributed by atoms with van der Waals surface area (Å²) in [5, 5.41) is 3.77. The highest BCUT2D eigenvalue weighted by molar-refractivity contribution is 6.43. The second kappa shape index (κ2) is 6.45. The molecule has 0 saturated carbocycles. The molecule has 2 rings (SSSR count). The fourth-order valence-electron chi connectivity index (χ4n) is 1.69. The van der Waals surface area contributed by atoms with Crippen LogP contribution in [0.25, 0.3) is 0 Å². The minimum absolute atomic E-state index is 0.265. The molecule has 0 bridgehead atoms. The van der Waals surface area contributed by atoms with Gasteiger partial charge in [-0.3, -0.25) is 0 Å². The Labute approximate surface area is 129 Å². The molecule has 1 N–H and O–H groups in total. The quantitative estimate of drug-likeness (QED) is 0.796. The summed E-state index contributed by atoms with van der Waals surface area (Å²) in [4.78, 5) is 0. The van der Waals surface area contributed by atoms with Gasteiger partial charge in [-0.2, -0.15) is 0 Å². The van der Waals surface area contributed by atoms with Crippen LogP contribution in [0.5, 0.6) is 5.75 Å². The number of alkyl halides is 3. The molecule has 0 unspecified atom stereocenters. The summed E-state index contributed by atoms with van der Waals surface area (Å²) in [5.41, 5.74) is 1.22. The highest BCUT2D eigenvalue weighted by Crippen LogP contribution is 2.30. The normalized spacial score (nSPS) is 11.3. The highest BCUT2D eigenvalue weighted by Gasteiger charge is 2.31. The first kappa shape index (κ1) is 15.8. The van der Waals surface area contributed by atoms with Gasteiger partial charge in [-0.1, -0.05) is 41.4 Å². The van der Waals surface area contributed by atoms with Crippen molar-refractivity contribution in [2.75, 3.05) is 5.32 Å². The number of hydrogen-bond donors (Lipinski definition) is 1. The summed E-state index contributed by atoms with van der Waals surface area (Å²) >= 11 is 11.9. The summed E-state index contributed by atoms with van der Waals surface area (Å²) < 4.78 is 40.3. The summed E-state index contributed by atoms with van der Waals surface area (Å²) in [7, 11) is 0. The van der Waals surface area contributed by atoms with Crippen LogP contribution >= 0.6 is 23.2 Å². The Hall–Kier alpha value is -1.59. The standard InChI is InChI=1S/C14H10Cl2F3NO/c15-11-5-2-6-12(13(11)16)20-8-9-3-1-4-10(7-9)21-14(17,18)19/h1-7,20H,8H2. The molecule has 21 heavy (non-hydrogen) atoms. The third kappa shape index (κ3) is 4.72. The van der Waals surface area contributed by atoms with Gasteiger partial charge in [0.15, 0.2) is 0 Å². The van der Waals surface area contributed by atoms with E-state index in [2.05, 4.69) is 10.1 Å². The number of ether oxygens (including phenoxy) is 1. The largest absolute Gasteiger partial charge is 0.573 e. The van der Waals surface area contributed by atoms with E-state index in [1.807, 2.05) is 0 Å². The van der Waals surface area contributed by atoms with Gasteiger partial charge in [0.1, 0.15) is 5.75 Å². The maximum Gasteiger partial charge on any atom is 0.573 e. The first-order chi connectivity index (χ1) is 9.85. The molecule has 0 heterocycles. The van der Waals surface area contributed by atoms with Gasteiger partial charge in [-0.25, -0.2) is 0 Å². The molecule has 7 heteroatoms. The van der Waals surface area contributed by atoms with Gasteiger partial charge in [0, 0.05) is 6.54 Å². The predicted molar refractivity (Wildman–Crippen MR) is 76.9 cm³/mol. The minimum atomic E-state index is -4.71. The van der Waals surface area contributed by atoms with Crippen molar-refractivity contribution in [2.24, 2.45) is 0 Å². The second-order valence-electron chi connectivity index (χ2n) is 4.15. The molecular weight excluding hydrogens is 326 g/mol. The van der Waals surface area contributed by atoms with Crippen LogP contribution < -0.4 is 10.1 Å². The minimum Gasteiger partial charge on any atom is -0.406 e. The fraction of sp³-hybridized carbons (Fsp3) is 0.143. The molecule has 2 aromatic rings. The van der Waals surface area contributed by atoms with Crippen LogP contribution in [-0.2, 0) is 6.54 Å². The molecule has 0 radical (unpaired) electrons. The van der Waals surface area contributed by atoms with Crippen molar-refractivity contribution in [2.45, 2.75) is 12.9 Å². The SMILES string of the molecule is FC(F)(F)Oc1cccc(CNc2cccc(Cl)c2Cl)c1. The van der Waals surface area contributed by atoms with Crippen LogP contribution in [0.1, 0.15) is 5.56 Å². The van der Waals surface area contributed by atoms with Crippen LogP contribution in [-0.4, -0.2) is 6.36 Å². The maximum atomic E-state index is 12.2. The van der Waals surface area contributed by atoms with Crippen molar-refractivity contribution in [3.8, 4) is 5.75 Å². The third-order valence-electron chi connectivity index (χ3n) is 2.57. The maximum absolute atomic E-state index is 12.2. The Morgan fingerprint density at radius 2 is 1.76 bits per heavy atom. The monoisotopic (exact) mass is 335 g/mol. The Morgan fingerprint density at radius 1 is 1.05 bits per heavy atom. The van der Waals surface area contributed by atoms with E-state index in [1.165, 1.54) is 18.2 Å². The van der Waals surface area contributed by atoms with Crippen molar-refractivity contribution in [3.05, 3.63) is 58.1 Å². The van der Waals surface area contributed by atoms with Crippen LogP contribution in [0.15, 0.2) is 42.5 Å². The molecule has 0 amide bonds. The Bertz CT molecular complexity index is 632. The van der Waals surface area contributed by atoms with E-state index in [0.717, 1.165) is 0 Å². The number of halogens is 5. The van der Waals surface area contributed by atoms with Gasteiger partial charge in [0.05, 0.1) is 15.7 Å². The van der Waals surface area contributed by atoms with Gasteiger partial charge in [-0.15, -0.1) is 13.2 Å². The highest BCUT2D eigenvalue weighted by atomic mass is 35.5. The Morgan fingerprint density at radius 3 is 2.48 bits per heavy atom. The number of hydrogen-bond acceptors (Lipinski definition) is 2. The fourth-order valence-corrected chi connectivity index (χ4v) is 2.06. The zero-order chi connectivity index (χ0) is 15.5. The third-order valence-corrected chi connectivity index (χ3v) is 3.39. The molecule has 0 aliphatic rings. The van der Waals surface area contributed by atoms with Crippen LogP contribution in [0.2, 0.25) is 10.0 Å². The first-order valence-corrected chi connectivity index (χ1v) is 6.63. The van der Waals surface area contributed by atoms with Gasteiger partial charge in [0.2, 0.25) is 0 Å². The molecule has 0 aromatic heterocycles. The molecular formula is C14H10Cl2F3NO. The summed E-state index contributed by atoms with van der Waals surface area (Å²) in [5.74, 6) is -0.265. The van der Waals surface area contributed by atoms with Crippen LogP contribution in [0, 0.1) is 0 Å². The molecule has 112 valence electrons. The van der Waals surface area contributed by atoms with Gasteiger partial charge in [0.25, 0.3) is 0 Å². The summed E-state index contributed by atoms with van der Waals surface area (Å²) in [6.45, 7) is 0.287. The lowest BCUT2D eigenvalue weighted by Crippen LogP contribution is -2.17. The molecule has 0 fully saturated rings. The van der Waals surface area contributed by atoms with Crippen molar-refractivity contribution in [3.63, 3.8) is 0 Å². The van der Waals surface area contributed by atoms with Crippen molar-refractivity contribution in [1.82, 2.24) is 0 Å². The first-order valence-electron chi connectivity index (χ1n) is 5.88. The molecule has 0 spiro atoms. The lowest BCUT2D eigenvalue weighted by molar-refractivity contribution is -0.274. The second-order valence-corrected chi connectivity index (χ2v) is 4.94. The van der Waals surface area contributed by atoms with E-state index >= 15 is 0 Å². The van der Waals surface area contributed by atoms with Gasteiger partial charge >= 0.3 is 6.36 Å². The molecule has 2 nitrogen and oxygen atoms in total. The molecule has 0 atom stereocenters. The lowest BCUT2D eigenvalue weighted by Gasteiger charge is -2.12. The van der Waals surface area contributed by atoms with E-state index < -0.39 is 6.36 Å². The number of anilines is 1. The molecule has 0 saturated heterocycles. The smallest absolute Gasteiger partial charge is 0.406 e. The predicted octanol–water partition coefficient (Wildman–Crippen LogP) is 5.50. The molecule has 0 aliphatic heterocycles. The van der Waals surface area contributed by atoms with E-state index in [4.69, 9.17) is 23.2 Å². The van der Waals surface area contributed by atoms with Crippen molar-refractivity contribution >= 4 is 28.9 Å². The number of benzene rings is 2. The van der Waals surface area contributed by atoms with Crippen LogP contribution in [0.3, 0.4) is 0 Å². The molecule has 2 aromatic carbocycles. The molecule has 0 aliphatic carbocycles. The van der Waals surface area contributed by atoms with E-state index in [1.54, 1.807) is 24.3 Å². The zero-order valence-electron chi connectivity index (χ0n) is 10.5.